The van der Waals surface area contributed by atoms with Gasteiger partial charge in [-0.15, -0.1) is 24.0 Å². The maximum atomic E-state index is 5.42. The highest BCUT2D eigenvalue weighted by Crippen LogP contribution is 2.13. The lowest BCUT2D eigenvalue weighted by Gasteiger charge is -2.24. The van der Waals surface area contributed by atoms with Gasteiger partial charge < -0.3 is 15.0 Å². The summed E-state index contributed by atoms with van der Waals surface area (Å²) in [6.07, 6.45) is 2.32. The van der Waals surface area contributed by atoms with Crippen LogP contribution in [0.15, 0.2) is 4.99 Å². The molecule has 1 fully saturated rings. The van der Waals surface area contributed by atoms with Crippen LogP contribution in [0, 0.1) is 11.8 Å². The van der Waals surface area contributed by atoms with E-state index in [4.69, 9.17) is 4.74 Å². The largest absolute Gasteiger partial charge is 0.381 e. The van der Waals surface area contributed by atoms with E-state index in [0.29, 0.717) is 11.8 Å². The summed E-state index contributed by atoms with van der Waals surface area (Å²) in [6.45, 7) is 11.3. The normalized spacial score (nSPS) is 19.4. The van der Waals surface area contributed by atoms with Crippen molar-refractivity contribution in [1.29, 1.82) is 0 Å². The SMILES string of the molecule is CCNC(=NCCC(C)C)N(C)CC1CCOC1.I. The van der Waals surface area contributed by atoms with Gasteiger partial charge in [-0.3, -0.25) is 4.99 Å². The Balaban J connectivity index is 0.00000324. The third kappa shape index (κ3) is 7.97. The second-order valence-electron chi connectivity index (χ2n) is 5.53. The molecule has 114 valence electrons. The number of hydrogen-bond donors (Lipinski definition) is 1. The van der Waals surface area contributed by atoms with E-state index in [-0.39, 0.29) is 24.0 Å². The summed E-state index contributed by atoms with van der Waals surface area (Å²) in [7, 11) is 2.12. The van der Waals surface area contributed by atoms with Gasteiger partial charge in [0.25, 0.3) is 0 Å². The molecule has 0 aromatic rings. The third-order valence-corrected chi connectivity index (χ3v) is 3.22. The molecule has 19 heavy (non-hydrogen) atoms. The number of rotatable bonds is 6. The van der Waals surface area contributed by atoms with Crippen molar-refractivity contribution in [2.45, 2.75) is 33.6 Å². The van der Waals surface area contributed by atoms with Crippen LogP contribution in [0.1, 0.15) is 33.6 Å². The molecule has 1 unspecified atom stereocenters. The average Bonchev–Trinajstić information content (AvgIpc) is 2.80. The van der Waals surface area contributed by atoms with Gasteiger partial charge in [0.2, 0.25) is 0 Å². The summed E-state index contributed by atoms with van der Waals surface area (Å²) < 4.78 is 5.42. The summed E-state index contributed by atoms with van der Waals surface area (Å²) >= 11 is 0. The lowest BCUT2D eigenvalue weighted by Crippen LogP contribution is -2.41. The van der Waals surface area contributed by atoms with E-state index in [1.165, 1.54) is 6.42 Å². The lowest BCUT2D eigenvalue weighted by atomic mass is 10.1. The molecular weight excluding hydrogens is 353 g/mol. The zero-order valence-corrected chi connectivity index (χ0v) is 15.1. The van der Waals surface area contributed by atoms with E-state index in [9.17, 15) is 0 Å². The van der Waals surface area contributed by atoms with E-state index in [0.717, 1.165) is 45.2 Å². The second kappa shape index (κ2) is 10.7. The minimum Gasteiger partial charge on any atom is -0.381 e. The van der Waals surface area contributed by atoms with Gasteiger partial charge >= 0.3 is 0 Å². The minimum atomic E-state index is 0. The molecule has 0 aliphatic carbocycles. The minimum absolute atomic E-state index is 0. The molecule has 0 amide bonds. The molecule has 1 heterocycles. The summed E-state index contributed by atoms with van der Waals surface area (Å²) in [5.74, 6) is 2.40. The first-order chi connectivity index (χ1) is 8.63. The van der Waals surface area contributed by atoms with Crippen molar-refractivity contribution in [3.05, 3.63) is 0 Å². The molecule has 5 heteroatoms. The van der Waals surface area contributed by atoms with Gasteiger partial charge in [0.15, 0.2) is 5.96 Å². The van der Waals surface area contributed by atoms with E-state index in [2.05, 4.69) is 43.0 Å². The smallest absolute Gasteiger partial charge is 0.193 e. The summed E-state index contributed by atoms with van der Waals surface area (Å²) in [5.41, 5.74) is 0. The maximum absolute atomic E-state index is 5.42. The van der Waals surface area contributed by atoms with Crippen LogP contribution in [0.4, 0.5) is 0 Å². The van der Waals surface area contributed by atoms with Crippen LogP contribution in [0.5, 0.6) is 0 Å². The second-order valence-corrected chi connectivity index (χ2v) is 5.53. The fraction of sp³-hybridized carbons (Fsp3) is 0.929. The Hall–Kier alpha value is -0.0400. The van der Waals surface area contributed by atoms with Crippen molar-refractivity contribution in [2.24, 2.45) is 16.8 Å². The third-order valence-electron chi connectivity index (χ3n) is 3.22. The summed E-state index contributed by atoms with van der Waals surface area (Å²) in [6, 6.07) is 0. The molecule has 0 aromatic heterocycles. The van der Waals surface area contributed by atoms with Crippen LogP contribution in [0.3, 0.4) is 0 Å². The van der Waals surface area contributed by atoms with Crippen molar-refractivity contribution < 1.29 is 4.74 Å². The van der Waals surface area contributed by atoms with Gasteiger partial charge in [0, 0.05) is 39.2 Å². The molecule has 0 bridgehead atoms. The van der Waals surface area contributed by atoms with Crippen LogP contribution >= 0.6 is 24.0 Å². The molecule has 1 N–H and O–H groups in total. The summed E-state index contributed by atoms with van der Waals surface area (Å²) in [5, 5.41) is 3.37. The molecular formula is C14H30IN3O. The molecule has 1 saturated heterocycles. The average molecular weight is 383 g/mol. The Morgan fingerprint density at radius 1 is 1.47 bits per heavy atom. The maximum Gasteiger partial charge on any atom is 0.193 e. The van der Waals surface area contributed by atoms with Gasteiger partial charge in [-0.05, 0) is 25.7 Å². The number of aliphatic imine (C=N–C) groups is 1. The van der Waals surface area contributed by atoms with E-state index in [1.54, 1.807) is 0 Å². The molecule has 1 rings (SSSR count). The number of hydrogen-bond acceptors (Lipinski definition) is 2. The van der Waals surface area contributed by atoms with Crippen LogP contribution < -0.4 is 5.32 Å². The Morgan fingerprint density at radius 2 is 2.21 bits per heavy atom. The fourth-order valence-corrected chi connectivity index (χ4v) is 2.10. The number of ether oxygens (including phenoxy) is 1. The Morgan fingerprint density at radius 3 is 2.74 bits per heavy atom. The van der Waals surface area contributed by atoms with Crippen molar-refractivity contribution in [3.63, 3.8) is 0 Å². The van der Waals surface area contributed by atoms with Crippen molar-refractivity contribution in [3.8, 4) is 0 Å². The predicted molar refractivity (Wildman–Crippen MR) is 92.4 cm³/mol. The Labute approximate surface area is 135 Å². The van der Waals surface area contributed by atoms with E-state index < -0.39 is 0 Å². The number of halogens is 1. The Kier molecular flexibility index (Phi) is 10.7. The molecule has 0 saturated carbocycles. The first-order valence-electron chi connectivity index (χ1n) is 7.20. The van der Waals surface area contributed by atoms with E-state index in [1.807, 2.05) is 0 Å². The number of nitrogens with one attached hydrogen (secondary N) is 1. The molecule has 0 spiro atoms. The fourth-order valence-electron chi connectivity index (χ4n) is 2.10. The number of guanidine groups is 1. The number of nitrogens with zero attached hydrogens (tertiary/aromatic N) is 2. The van der Waals surface area contributed by atoms with Gasteiger partial charge in [-0.1, -0.05) is 13.8 Å². The van der Waals surface area contributed by atoms with Crippen molar-refractivity contribution in [1.82, 2.24) is 10.2 Å². The van der Waals surface area contributed by atoms with Crippen LogP contribution in [0.25, 0.3) is 0 Å². The predicted octanol–water partition coefficient (Wildman–Crippen LogP) is 2.58. The first kappa shape index (κ1) is 19.0. The first-order valence-corrected chi connectivity index (χ1v) is 7.20. The lowest BCUT2D eigenvalue weighted by molar-refractivity contribution is 0.181. The molecule has 0 aromatic carbocycles. The highest BCUT2D eigenvalue weighted by Gasteiger charge is 2.18. The molecule has 1 aliphatic rings. The van der Waals surface area contributed by atoms with Gasteiger partial charge in [-0.2, -0.15) is 0 Å². The highest BCUT2D eigenvalue weighted by molar-refractivity contribution is 14.0. The molecule has 1 aliphatic heterocycles. The highest BCUT2D eigenvalue weighted by atomic mass is 127. The van der Waals surface area contributed by atoms with Gasteiger partial charge in [0.1, 0.15) is 0 Å². The zero-order valence-electron chi connectivity index (χ0n) is 12.8. The molecule has 1 atom stereocenters. The standard InChI is InChI=1S/C14H29N3O.HI/c1-5-15-14(16-8-6-12(2)3)17(4)10-13-7-9-18-11-13;/h12-13H,5-11H2,1-4H3,(H,15,16);1H. The van der Waals surface area contributed by atoms with Crippen LogP contribution in [-0.2, 0) is 4.74 Å². The van der Waals surface area contributed by atoms with Gasteiger partial charge in [-0.25, -0.2) is 0 Å². The Bertz CT molecular complexity index is 253. The van der Waals surface area contributed by atoms with E-state index >= 15 is 0 Å². The zero-order chi connectivity index (χ0) is 13.4. The monoisotopic (exact) mass is 383 g/mol. The van der Waals surface area contributed by atoms with Crippen LogP contribution in [0.2, 0.25) is 0 Å². The summed E-state index contributed by atoms with van der Waals surface area (Å²) in [4.78, 5) is 6.93. The topological polar surface area (TPSA) is 36.9 Å². The molecule has 4 nitrogen and oxygen atoms in total. The quantitative estimate of drug-likeness (QED) is 0.435. The molecule has 0 radical (unpaired) electrons. The van der Waals surface area contributed by atoms with Crippen LogP contribution in [-0.4, -0.2) is 50.8 Å². The van der Waals surface area contributed by atoms with Gasteiger partial charge in [0.05, 0.1) is 6.61 Å². The van der Waals surface area contributed by atoms with Crippen molar-refractivity contribution >= 4 is 29.9 Å². The van der Waals surface area contributed by atoms with Crippen molar-refractivity contribution in [2.75, 3.05) is 39.9 Å².